The number of benzene rings is 2. The molecule has 0 radical (unpaired) electrons. The van der Waals surface area contributed by atoms with Crippen LogP contribution < -0.4 is 15.1 Å². The highest BCUT2D eigenvalue weighted by Gasteiger charge is 2.44. The van der Waals surface area contributed by atoms with Crippen LogP contribution in [0.4, 0.5) is 5.82 Å². The molecule has 0 spiro atoms. The number of hydrogen-bond acceptors (Lipinski definition) is 5. The van der Waals surface area contributed by atoms with Crippen molar-refractivity contribution in [3.05, 3.63) is 97.9 Å². The fraction of sp³-hybridized carbons (Fsp3) is 0.192. The summed E-state index contributed by atoms with van der Waals surface area (Å²) in [6, 6.07) is 15.7. The van der Waals surface area contributed by atoms with E-state index in [4.69, 9.17) is 9.15 Å². The molecule has 33 heavy (non-hydrogen) atoms. The third-order valence-corrected chi connectivity index (χ3v) is 6.12. The minimum Gasteiger partial charge on any atom is -0.494 e. The molecule has 0 fully saturated rings. The lowest BCUT2D eigenvalue weighted by molar-refractivity contribution is 0.0970. The monoisotopic (exact) mass is 504 g/mol. The molecule has 7 heteroatoms. The van der Waals surface area contributed by atoms with E-state index in [1.807, 2.05) is 50.2 Å². The lowest BCUT2D eigenvalue weighted by atomic mass is 9.98. The van der Waals surface area contributed by atoms with Gasteiger partial charge in [-0.05, 0) is 66.9 Å². The summed E-state index contributed by atoms with van der Waals surface area (Å²) in [5.74, 6) is 0.791. The highest BCUT2D eigenvalue weighted by Crippen LogP contribution is 2.41. The van der Waals surface area contributed by atoms with Crippen LogP contribution in [0.2, 0.25) is 0 Å². The zero-order valence-electron chi connectivity index (χ0n) is 18.2. The number of nitrogens with zero attached hydrogens (tertiary/aromatic N) is 2. The first kappa shape index (κ1) is 21.4. The summed E-state index contributed by atoms with van der Waals surface area (Å²) in [7, 11) is 0. The number of anilines is 1. The molecule has 1 aliphatic rings. The second-order valence-electron chi connectivity index (χ2n) is 8.00. The van der Waals surface area contributed by atoms with E-state index in [0.717, 1.165) is 22.0 Å². The van der Waals surface area contributed by atoms with Crippen LogP contribution in [0.25, 0.3) is 11.0 Å². The van der Waals surface area contributed by atoms with Crippen molar-refractivity contribution >= 4 is 38.6 Å². The fourth-order valence-corrected chi connectivity index (χ4v) is 4.50. The van der Waals surface area contributed by atoms with Gasteiger partial charge in [0.05, 0.1) is 23.6 Å². The van der Waals surface area contributed by atoms with Crippen molar-refractivity contribution in [2.75, 3.05) is 11.5 Å². The Kier molecular flexibility index (Phi) is 5.50. The standard InChI is InChI=1S/C26H21BrN2O4/c1-3-11-32-18-6-4-5-16(13-18)23-22-24(30)19-14-17(27)7-8-20(19)33-25(22)26(31)29(23)21-12-15(2)9-10-28-21/h4-10,12-14,23H,3,11H2,1-2H3. The minimum absolute atomic E-state index is 0.0445. The van der Waals surface area contributed by atoms with Gasteiger partial charge in [-0.15, -0.1) is 0 Å². The first-order chi connectivity index (χ1) is 16.0. The first-order valence-corrected chi connectivity index (χ1v) is 11.5. The number of carbonyl (C=O) groups excluding carboxylic acids is 1. The molecule has 1 unspecified atom stereocenters. The van der Waals surface area contributed by atoms with Crippen molar-refractivity contribution in [2.45, 2.75) is 26.3 Å². The predicted octanol–water partition coefficient (Wildman–Crippen LogP) is 5.80. The Bertz CT molecular complexity index is 1450. The molecule has 1 aliphatic heterocycles. The average molecular weight is 505 g/mol. The Morgan fingerprint density at radius 1 is 1.12 bits per heavy atom. The second kappa shape index (κ2) is 8.48. The van der Waals surface area contributed by atoms with Crippen LogP contribution in [0.5, 0.6) is 5.75 Å². The zero-order valence-corrected chi connectivity index (χ0v) is 19.8. The van der Waals surface area contributed by atoms with Crippen LogP contribution >= 0.6 is 15.9 Å². The molecule has 2 aromatic heterocycles. The van der Waals surface area contributed by atoms with Gasteiger partial charge >= 0.3 is 0 Å². The molecule has 166 valence electrons. The lowest BCUT2D eigenvalue weighted by Gasteiger charge is -2.24. The maximum Gasteiger partial charge on any atom is 0.296 e. The maximum atomic E-state index is 13.7. The van der Waals surface area contributed by atoms with Gasteiger partial charge in [-0.25, -0.2) is 4.98 Å². The number of hydrogen-bond donors (Lipinski definition) is 0. The van der Waals surface area contributed by atoms with Crippen LogP contribution in [0.3, 0.4) is 0 Å². The van der Waals surface area contributed by atoms with Crippen LogP contribution in [-0.4, -0.2) is 17.5 Å². The van der Waals surface area contributed by atoms with E-state index in [0.29, 0.717) is 34.7 Å². The summed E-state index contributed by atoms with van der Waals surface area (Å²) in [6.07, 6.45) is 2.53. The Morgan fingerprint density at radius 2 is 1.97 bits per heavy atom. The van der Waals surface area contributed by atoms with Crippen LogP contribution in [0.15, 0.2) is 74.5 Å². The van der Waals surface area contributed by atoms with Gasteiger partial charge in [-0.2, -0.15) is 0 Å². The van der Waals surface area contributed by atoms with E-state index in [1.165, 1.54) is 4.90 Å². The third kappa shape index (κ3) is 3.72. The van der Waals surface area contributed by atoms with Crippen molar-refractivity contribution in [1.29, 1.82) is 0 Å². The van der Waals surface area contributed by atoms with Gasteiger partial charge in [0.2, 0.25) is 5.76 Å². The fourth-order valence-electron chi connectivity index (χ4n) is 4.14. The number of fused-ring (bicyclic) bond motifs is 2. The predicted molar refractivity (Wildman–Crippen MR) is 130 cm³/mol. The summed E-state index contributed by atoms with van der Waals surface area (Å²) in [4.78, 5) is 33.3. The molecule has 0 N–H and O–H groups in total. The summed E-state index contributed by atoms with van der Waals surface area (Å²) in [6.45, 7) is 4.55. The number of aromatic nitrogens is 1. The van der Waals surface area contributed by atoms with Crippen LogP contribution in [0, 0.1) is 6.92 Å². The molecular weight excluding hydrogens is 484 g/mol. The molecule has 0 aliphatic carbocycles. The smallest absolute Gasteiger partial charge is 0.296 e. The van der Waals surface area contributed by atoms with E-state index in [2.05, 4.69) is 20.9 Å². The lowest BCUT2D eigenvalue weighted by Crippen LogP contribution is -2.30. The van der Waals surface area contributed by atoms with Gasteiger partial charge in [0.1, 0.15) is 17.2 Å². The number of halogens is 1. The normalized spacial score (nSPS) is 15.2. The number of rotatable bonds is 5. The number of pyridine rings is 1. The Labute approximate surface area is 198 Å². The second-order valence-corrected chi connectivity index (χ2v) is 8.92. The Hall–Kier alpha value is -3.45. The Balaban J connectivity index is 1.77. The summed E-state index contributed by atoms with van der Waals surface area (Å²) in [5.41, 5.74) is 2.15. The van der Waals surface area contributed by atoms with E-state index in [1.54, 1.807) is 24.4 Å². The third-order valence-electron chi connectivity index (χ3n) is 5.63. The van der Waals surface area contributed by atoms with E-state index >= 15 is 0 Å². The van der Waals surface area contributed by atoms with Gasteiger partial charge in [-0.1, -0.05) is 35.0 Å². The molecule has 4 aromatic rings. The molecule has 6 nitrogen and oxygen atoms in total. The van der Waals surface area contributed by atoms with Gasteiger partial charge in [0, 0.05) is 10.7 Å². The van der Waals surface area contributed by atoms with Crippen molar-refractivity contribution in [3.63, 3.8) is 0 Å². The average Bonchev–Trinajstić information content (AvgIpc) is 3.11. The van der Waals surface area contributed by atoms with Crippen molar-refractivity contribution in [3.8, 4) is 5.75 Å². The molecule has 0 bridgehead atoms. The maximum absolute atomic E-state index is 13.7. The van der Waals surface area contributed by atoms with Crippen molar-refractivity contribution in [1.82, 2.24) is 4.98 Å². The number of ether oxygens (including phenoxy) is 1. The van der Waals surface area contributed by atoms with Crippen molar-refractivity contribution < 1.29 is 13.9 Å². The topological polar surface area (TPSA) is 72.6 Å². The van der Waals surface area contributed by atoms with Crippen LogP contribution in [0.1, 0.15) is 46.6 Å². The number of carbonyl (C=O) groups is 1. The van der Waals surface area contributed by atoms with Gasteiger partial charge in [-0.3, -0.25) is 14.5 Å². The molecule has 1 atom stereocenters. The highest BCUT2D eigenvalue weighted by molar-refractivity contribution is 9.10. The van der Waals surface area contributed by atoms with Crippen LogP contribution in [-0.2, 0) is 0 Å². The largest absolute Gasteiger partial charge is 0.494 e. The number of amides is 1. The van der Waals surface area contributed by atoms with Gasteiger partial charge in [0.15, 0.2) is 5.43 Å². The van der Waals surface area contributed by atoms with Gasteiger partial charge < -0.3 is 9.15 Å². The molecular formula is C26H21BrN2O4. The molecule has 0 saturated heterocycles. The Morgan fingerprint density at radius 3 is 2.76 bits per heavy atom. The minimum atomic E-state index is -0.688. The van der Waals surface area contributed by atoms with Gasteiger partial charge in [0.25, 0.3) is 5.91 Å². The van der Waals surface area contributed by atoms with E-state index < -0.39 is 11.9 Å². The first-order valence-electron chi connectivity index (χ1n) is 10.7. The van der Waals surface area contributed by atoms with E-state index in [9.17, 15) is 9.59 Å². The summed E-state index contributed by atoms with van der Waals surface area (Å²) < 4.78 is 12.6. The van der Waals surface area contributed by atoms with E-state index in [-0.39, 0.29) is 11.2 Å². The quantitative estimate of drug-likeness (QED) is 0.343. The van der Waals surface area contributed by atoms with Crippen molar-refractivity contribution in [2.24, 2.45) is 0 Å². The SMILES string of the molecule is CCCOc1cccc(C2c3c(oc4ccc(Br)cc4c3=O)C(=O)N2c2cc(C)ccn2)c1. The summed E-state index contributed by atoms with van der Waals surface area (Å²) in [5, 5.41) is 0.415. The molecule has 1 amide bonds. The molecule has 2 aromatic carbocycles. The highest BCUT2D eigenvalue weighted by atomic mass is 79.9. The summed E-state index contributed by atoms with van der Waals surface area (Å²) >= 11 is 3.42. The molecule has 0 saturated carbocycles. The zero-order chi connectivity index (χ0) is 23.1. The molecule has 5 rings (SSSR count). The number of aryl methyl sites for hydroxylation is 1. The molecule has 3 heterocycles.